The van der Waals surface area contributed by atoms with Crippen molar-refractivity contribution in [3.05, 3.63) is 28.8 Å². The van der Waals surface area contributed by atoms with E-state index in [1.807, 2.05) is 30.0 Å². The summed E-state index contributed by atoms with van der Waals surface area (Å²) in [7, 11) is 0. The van der Waals surface area contributed by atoms with Crippen molar-refractivity contribution in [2.45, 2.75) is 19.5 Å². The van der Waals surface area contributed by atoms with E-state index in [0.29, 0.717) is 17.5 Å². The van der Waals surface area contributed by atoms with Crippen molar-refractivity contribution in [3.8, 4) is 0 Å². The Hall–Kier alpha value is -1.26. The van der Waals surface area contributed by atoms with Gasteiger partial charge in [-0.3, -0.25) is 10.1 Å². The zero-order valence-corrected chi connectivity index (χ0v) is 10.7. The molecule has 6 heteroatoms. The van der Waals surface area contributed by atoms with Crippen LogP contribution in [-0.4, -0.2) is 22.8 Å². The lowest BCUT2D eigenvalue weighted by atomic mass is 10.1. The molecule has 3 rings (SSSR count). The molecule has 0 spiro atoms. The number of hydrogen-bond acceptors (Lipinski definition) is 3. The van der Waals surface area contributed by atoms with Gasteiger partial charge in [0, 0.05) is 10.6 Å². The third-order valence-corrected chi connectivity index (χ3v) is 3.36. The number of carbonyl (C=O) groups is 1. The molecule has 1 aromatic carbocycles. The van der Waals surface area contributed by atoms with E-state index in [4.69, 9.17) is 11.6 Å². The van der Waals surface area contributed by atoms with Gasteiger partial charge in [0.1, 0.15) is 6.04 Å². The molecule has 1 N–H and O–H groups in total. The molecule has 1 amide bonds. The van der Waals surface area contributed by atoms with Crippen LogP contribution in [0, 0.1) is 0 Å². The van der Waals surface area contributed by atoms with Gasteiger partial charge in [0.05, 0.1) is 12.2 Å². The highest BCUT2D eigenvalue weighted by molar-refractivity contribution is 6.31. The molecule has 2 heterocycles. The Labute approximate surface area is 110 Å². The molecular formula is C11H11Cl2N3O. The molecule has 1 aromatic rings. The van der Waals surface area contributed by atoms with Crippen LogP contribution in [0.4, 0.5) is 5.69 Å². The third kappa shape index (κ3) is 1.77. The highest BCUT2D eigenvalue weighted by Gasteiger charge is 2.36. The second kappa shape index (κ2) is 4.20. The molecule has 0 unspecified atom stereocenters. The monoisotopic (exact) mass is 271 g/mol. The van der Waals surface area contributed by atoms with Crippen LogP contribution < -0.4 is 5.32 Å². The number of hydrogen-bond donors (Lipinski definition) is 1. The molecule has 90 valence electrons. The van der Waals surface area contributed by atoms with Crippen LogP contribution in [0.1, 0.15) is 12.5 Å². The first-order valence-corrected chi connectivity index (χ1v) is 5.48. The summed E-state index contributed by atoms with van der Waals surface area (Å²) >= 11 is 6.12. The molecule has 2 aliphatic rings. The smallest absolute Gasteiger partial charge is 0.249 e. The van der Waals surface area contributed by atoms with Gasteiger partial charge in [-0.25, -0.2) is 4.99 Å². The van der Waals surface area contributed by atoms with E-state index in [2.05, 4.69) is 10.3 Å². The maximum absolute atomic E-state index is 11.5. The summed E-state index contributed by atoms with van der Waals surface area (Å²) in [6.45, 7) is 2.49. The van der Waals surface area contributed by atoms with Crippen LogP contribution in [0.5, 0.6) is 0 Å². The van der Waals surface area contributed by atoms with E-state index in [-0.39, 0.29) is 24.4 Å². The molecule has 1 saturated heterocycles. The molecular weight excluding hydrogens is 261 g/mol. The van der Waals surface area contributed by atoms with Gasteiger partial charge >= 0.3 is 0 Å². The maximum Gasteiger partial charge on any atom is 0.249 e. The van der Waals surface area contributed by atoms with Crippen LogP contribution in [0.25, 0.3) is 0 Å². The van der Waals surface area contributed by atoms with Crippen LogP contribution in [-0.2, 0) is 11.3 Å². The summed E-state index contributed by atoms with van der Waals surface area (Å²) < 4.78 is 0. The molecule has 4 nitrogen and oxygen atoms in total. The molecule has 0 radical (unpaired) electrons. The van der Waals surface area contributed by atoms with Crippen molar-refractivity contribution in [1.82, 2.24) is 10.2 Å². The van der Waals surface area contributed by atoms with Crippen molar-refractivity contribution in [2.75, 3.05) is 0 Å². The van der Waals surface area contributed by atoms with Crippen molar-refractivity contribution in [2.24, 2.45) is 4.99 Å². The molecule has 2 aliphatic heterocycles. The van der Waals surface area contributed by atoms with Gasteiger partial charge in [-0.2, -0.15) is 0 Å². The summed E-state index contributed by atoms with van der Waals surface area (Å²) in [6, 6.07) is 5.43. The zero-order valence-electron chi connectivity index (χ0n) is 9.11. The van der Waals surface area contributed by atoms with Gasteiger partial charge in [0.15, 0.2) is 0 Å². The number of carbonyl (C=O) groups excluding carboxylic acids is 1. The van der Waals surface area contributed by atoms with E-state index in [9.17, 15) is 4.79 Å². The SMILES string of the molecule is C[C@H]1C(=O)NC2=Nc3cccc(Cl)c3CN21.Cl. The Morgan fingerprint density at radius 3 is 3.06 bits per heavy atom. The molecule has 0 saturated carbocycles. The number of rotatable bonds is 0. The summed E-state index contributed by atoms with van der Waals surface area (Å²) in [4.78, 5) is 17.8. The minimum absolute atomic E-state index is 0. The first kappa shape index (κ1) is 12.2. The van der Waals surface area contributed by atoms with Crippen LogP contribution in [0.3, 0.4) is 0 Å². The van der Waals surface area contributed by atoms with Crippen molar-refractivity contribution >= 4 is 41.6 Å². The van der Waals surface area contributed by atoms with Crippen LogP contribution >= 0.6 is 24.0 Å². The number of benzene rings is 1. The lowest BCUT2D eigenvalue weighted by Crippen LogP contribution is -2.35. The number of nitrogens with zero attached hydrogens (tertiary/aromatic N) is 2. The fourth-order valence-corrected chi connectivity index (χ4v) is 2.24. The number of fused-ring (bicyclic) bond motifs is 2. The lowest BCUT2D eigenvalue weighted by Gasteiger charge is -2.26. The maximum atomic E-state index is 11.5. The quantitative estimate of drug-likeness (QED) is 0.786. The average Bonchev–Trinajstić information content (AvgIpc) is 2.53. The second-order valence-electron chi connectivity index (χ2n) is 3.97. The minimum atomic E-state index is -0.178. The first-order chi connectivity index (χ1) is 7.66. The Morgan fingerprint density at radius 2 is 2.29 bits per heavy atom. The van der Waals surface area contributed by atoms with E-state index in [1.54, 1.807) is 0 Å². The second-order valence-corrected chi connectivity index (χ2v) is 4.37. The molecule has 1 fully saturated rings. The molecule has 0 bridgehead atoms. The highest BCUT2D eigenvalue weighted by Crippen LogP contribution is 2.33. The Bertz CT molecular complexity index is 515. The summed E-state index contributed by atoms with van der Waals surface area (Å²) in [6.07, 6.45) is 0. The molecule has 0 aliphatic carbocycles. The summed E-state index contributed by atoms with van der Waals surface area (Å²) in [5.74, 6) is 0.620. The topological polar surface area (TPSA) is 44.7 Å². The summed E-state index contributed by atoms with van der Waals surface area (Å²) in [5, 5.41) is 3.46. The Kier molecular flexibility index (Phi) is 3.02. The van der Waals surface area contributed by atoms with Crippen molar-refractivity contribution in [3.63, 3.8) is 0 Å². The number of aliphatic imine (C=N–C) groups is 1. The van der Waals surface area contributed by atoms with E-state index < -0.39 is 0 Å². The van der Waals surface area contributed by atoms with Gasteiger partial charge in [0.25, 0.3) is 0 Å². The third-order valence-electron chi connectivity index (χ3n) is 3.00. The average molecular weight is 272 g/mol. The highest BCUT2D eigenvalue weighted by atomic mass is 35.5. The fourth-order valence-electron chi connectivity index (χ4n) is 2.01. The van der Waals surface area contributed by atoms with Gasteiger partial charge in [0.2, 0.25) is 11.9 Å². The Balaban J connectivity index is 0.00000108. The molecule has 17 heavy (non-hydrogen) atoms. The van der Waals surface area contributed by atoms with Gasteiger partial charge in [-0.1, -0.05) is 17.7 Å². The van der Waals surface area contributed by atoms with Gasteiger partial charge < -0.3 is 4.90 Å². The molecule has 1 atom stereocenters. The normalized spacial score (nSPS) is 21.1. The van der Waals surface area contributed by atoms with E-state index in [1.165, 1.54) is 0 Å². The molecule has 0 aromatic heterocycles. The number of guanidine groups is 1. The van der Waals surface area contributed by atoms with Crippen molar-refractivity contribution < 1.29 is 4.79 Å². The van der Waals surface area contributed by atoms with Crippen LogP contribution in [0.15, 0.2) is 23.2 Å². The lowest BCUT2D eigenvalue weighted by molar-refractivity contribution is -0.121. The number of halogens is 2. The minimum Gasteiger partial charge on any atom is -0.326 e. The standard InChI is InChI=1S/C11H10ClN3O.ClH/c1-6-10(16)14-11-13-9-4-2-3-8(12)7(9)5-15(6)11;/h2-4,6H,5H2,1H3,(H,13,14,16);1H/t6-;/m0./s1. The van der Waals surface area contributed by atoms with E-state index >= 15 is 0 Å². The van der Waals surface area contributed by atoms with E-state index in [0.717, 1.165) is 11.3 Å². The predicted octanol–water partition coefficient (Wildman–Crippen LogP) is 2.08. The fraction of sp³-hybridized carbons (Fsp3) is 0.273. The van der Waals surface area contributed by atoms with Gasteiger partial charge in [-0.15, -0.1) is 12.4 Å². The van der Waals surface area contributed by atoms with Gasteiger partial charge in [-0.05, 0) is 19.1 Å². The largest absolute Gasteiger partial charge is 0.326 e. The number of nitrogens with one attached hydrogen (secondary N) is 1. The predicted molar refractivity (Wildman–Crippen MR) is 68.9 cm³/mol. The first-order valence-electron chi connectivity index (χ1n) is 5.10. The zero-order chi connectivity index (χ0) is 11.3. The van der Waals surface area contributed by atoms with Crippen LogP contribution in [0.2, 0.25) is 5.02 Å². The Morgan fingerprint density at radius 1 is 1.53 bits per heavy atom. The van der Waals surface area contributed by atoms with Crippen molar-refractivity contribution in [1.29, 1.82) is 0 Å². The number of amides is 1. The summed E-state index contributed by atoms with van der Waals surface area (Å²) in [5.41, 5.74) is 1.82.